The average molecular weight is 260 g/mol. The van der Waals surface area contributed by atoms with Crippen LogP contribution in [-0.2, 0) is 19.1 Å². The van der Waals surface area contributed by atoms with E-state index in [1.165, 1.54) is 20.3 Å². The van der Waals surface area contributed by atoms with Gasteiger partial charge in [-0.1, -0.05) is 36.4 Å². The Morgan fingerprint density at radius 3 is 2.47 bits per heavy atom. The summed E-state index contributed by atoms with van der Waals surface area (Å²) < 4.78 is 9.40. The summed E-state index contributed by atoms with van der Waals surface area (Å²) in [5, 5.41) is 0. The maximum atomic E-state index is 12.0. The van der Waals surface area contributed by atoms with Gasteiger partial charge >= 0.3 is 11.9 Å². The Hall–Kier alpha value is -2.10. The number of esters is 2. The number of benzene rings is 1. The van der Waals surface area contributed by atoms with Crippen LogP contribution in [0.15, 0.2) is 42.5 Å². The summed E-state index contributed by atoms with van der Waals surface area (Å²) in [7, 11) is 2.66. The first kappa shape index (κ1) is 13.3. The van der Waals surface area contributed by atoms with Crippen LogP contribution < -0.4 is 0 Å². The molecule has 2 rings (SSSR count). The van der Waals surface area contributed by atoms with E-state index in [1.807, 2.05) is 30.3 Å². The van der Waals surface area contributed by atoms with Gasteiger partial charge in [0.2, 0.25) is 0 Å². The molecule has 19 heavy (non-hydrogen) atoms. The molecule has 2 atom stereocenters. The molecule has 1 aliphatic rings. The van der Waals surface area contributed by atoms with E-state index in [0.717, 1.165) is 5.56 Å². The van der Waals surface area contributed by atoms with Crippen molar-refractivity contribution in [2.24, 2.45) is 5.41 Å². The van der Waals surface area contributed by atoms with Gasteiger partial charge in [-0.15, -0.1) is 0 Å². The number of rotatable bonds is 4. The van der Waals surface area contributed by atoms with E-state index in [9.17, 15) is 9.59 Å². The molecule has 1 fully saturated rings. The highest BCUT2D eigenvalue weighted by Gasteiger charge is 2.59. The smallest absolute Gasteiger partial charge is 0.330 e. The van der Waals surface area contributed by atoms with Crippen LogP contribution in [-0.4, -0.2) is 26.2 Å². The monoisotopic (exact) mass is 260 g/mol. The van der Waals surface area contributed by atoms with Gasteiger partial charge in [-0.05, 0) is 12.0 Å². The molecular formula is C15H16O4. The van der Waals surface area contributed by atoms with Crippen LogP contribution in [0.3, 0.4) is 0 Å². The van der Waals surface area contributed by atoms with Crippen LogP contribution in [0.2, 0.25) is 0 Å². The molecule has 1 aliphatic carbocycles. The van der Waals surface area contributed by atoms with Gasteiger partial charge < -0.3 is 9.47 Å². The third kappa shape index (κ3) is 2.52. The van der Waals surface area contributed by atoms with E-state index >= 15 is 0 Å². The molecule has 0 aromatic heterocycles. The first-order valence-corrected chi connectivity index (χ1v) is 6.04. The Kier molecular flexibility index (Phi) is 3.69. The summed E-state index contributed by atoms with van der Waals surface area (Å²) in [6.07, 6.45) is 3.54. The molecule has 4 heteroatoms. The Morgan fingerprint density at radius 1 is 1.21 bits per heavy atom. The minimum atomic E-state index is -0.732. The van der Waals surface area contributed by atoms with Crippen molar-refractivity contribution in [2.75, 3.05) is 14.2 Å². The number of ether oxygens (including phenoxy) is 2. The summed E-state index contributed by atoms with van der Waals surface area (Å²) in [6.45, 7) is 0. The Labute approximate surface area is 112 Å². The van der Waals surface area contributed by atoms with Gasteiger partial charge in [0.15, 0.2) is 0 Å². The third-order valence-corrected chi connectivity index (χ3v) is 3.49. The van der Waals surface area contributed by atoms with Gasteiger partial charge in [-0.3, -0.25) is 4.79 Å². The Bertz CT molecular complexity index is 506. The summed E-state index contributed by atoms with van der Waals surface area (Å²) >= 11 is 0. The molecule has 0 N–H and O–H groups in total. The third-order valence-electron chi connectivity index (χ3n) is 3.49. The van der Waals surface area contributed by atoms with E-state index in [1.54, 1.807) is 6.08 Å². The fourth-order valence-electron chi connectivity index (χ4n) is 2.33. The number of carbonyl (C=O) groups is 2. The lowest BCUT2D eigenvalue weighted by molar-refractivity contribution is -0.145. The van der Waals surface area contributed by atoms with Gasteiger partial charge in [0.25, 0.3) is 0 Å². The molecule has 4 nitrogen and oxygen atoms in total. The predicted octanol–water partition coefficient (Wildman–Crippen LogP) is 2.06. The van der Waals surface area contributed by atoms with Gasteiger partial charge in [0.1, 0.15) is 0 Å². The normalized spacial score (nSPS) is 25.1. The highest BCUT2D eigenvalue weighted by molar-refractivity contribution is 5.88. The van der Waals surface area contributed by atoms with Crippen molar-refractivity contribution in [3.05, 3.63) is 48.0 Å². The van der Waals surface area contributed by atoms with E-state index in [0.29, 0.717) is 6.42 Å². The lowest BCUT2D eigenvalue weighted by atomic mass is 9.98. The lowest BCUT2D eigenvalue weighted by Crippen LogP contribution is -2.17. The SMILES string of the molecule is COC(=O)/C=C/[C@]1(C(=O)OC)C[C@H]1c1ccccc1. The van der Waals surface area contributed by atoms with Crippen molar-refractivity contribution in [3.63, 3.8) is 0 Å². The molecule has 1 saturated carbocycles. The first-order chi connectivity index (χ1) is 9.14. The first-order valence-electron chi connectivity index (χ1n) is 6.04. The zero-order valence-corrected chi connectivity index (χ0v) is 11.0. The maximum Gasteiger partial charge on any atom is 0.330 e. The van der Waals surface area contributed by atoms with Crippen LogP contribution in [0.1, 0.15) is 17.9 Å². The molecule has 0 spiro atoms. The standard InChI is InChI=1S/C15H16O4/c1-18-13(16)8-9-15(14(17)19-2)10-12(15)11-6-4-3-5-7-11/h3-9,12H,10H2,1-2H3/b9-8+/t12-,15-/m0/s1. The molecule has 100 valence electrons. The van der Waals surface area contributed by atoms with E-state index in [4.69, 9.17) is 4.74 Å². The second kappa shape index (κ2) is 5.26. The second-order valence-electron chi connectivity index (χ2n) is 4.56. The number of carbonyl (C=O) groups excluding carboxylic acids is 2. The number of hydrogen-bond acceptors (Lipinski definition) is 4. The summed E-state index contributed by atoms with van der Waals surface area (Å²) in [5.41, 5.74) is 0.340. The molecule has 0 aliphatic heterocycles. The van der Waals surface area contributed by atoms with Crippen molar-refractivity contribution in [2.45, 2.75) is 12.3 Å². The minimum absolute atomic E-state index is 0.0575. The number of methoxy groups -OCH3 is 2. The number of hydrogen-bond donors (Lipinski definition) is 0. The van der Waals surface area contributed by atoms with Crippen molar-refractivity contribution in [3.8, 4) is 0 Å². The quantitative estimate of drug-likeness (QED) is 0.614. The van der Waals surface area contributed by atoms with Crippen molar-refractivity contribution in [1.82, 2.24) is 0 Å². The van der Waals surface area contributed by atoms with E-state index < -0.39 is 11.4 Å². The average Bonchev–Trinajstić information content (AvgIpc) is 3.21. The molecule has 1 aromatic rings. The Morgan fingerprint density at radius 2 is 1.89 bits per heavy atom. The predicted molar refractivity (Wildman–Crippen MR) is 69.4 cm³/mol. The second-order valence-corrected chi connectivity index (χ2v) is 4.56. The molecule has 0 unspecified atom stereocenters. The zero-order chi connectivity index (χ0) is 13.9. The Balaban J connectivity index is 2.23. The van der Waals surface area contributed by atoms with Crippen LogP contribution >= 0.6 is 0 Å². The van der Waals surface area contributed by atoms with E-state index in [2.05, 4.69) is 4.74 Å². The fraction of sp³-hybridized carbons (Fsp3) is 0.333. The zero-order valence-electron chi connectivity index (χ0n) is 11.0. The summed E-state index contributed by atoms with van der Waals surface area (Å²) in [4.78, 5) is 23.1. The molecule has 0 bridgehead atoms. The van der Waals surface area contributed by atoms with E-state index in [-0.39, 0.29) is 11.9 Å². The largest absolute Gasteiger partial charge is 0.468 e. The van der Waals surface area contributed by atoms with Crippen LogP contribution in [0.4, 0.5) is 0 Å². The summed E-state index contributed by atoms with van der Waals surface area (Å²) in [6, 6.07) is 9.73. The topological polar surface area (TPSA) is 52.6 Å². The van der Waals surface area contributed by atoms with Crippen LogP contribution in [0.25, 0.3) is 0 Å². The fourth-order valence-corrected chi connectivity index (χ4v) is 2.33. The van der Waals surface area contributed by atoms with Crippen molar-refractivity contribution < 1.29 is 19.1 Å². The van der Waals surface area contributed by atoms with Crippen molar-refractivity contribution >= 4 is 11.9 Å². The molecular weight excluding hydrogens is 244 g/mol. The van der Waals surface area contributed by atoms with Gasteiger partial charge in [-0.25, -0.2) is 4.79 Å². The molecule has 1 aromatic carbocycles. The highest BCUT2D eigenvalue weighted by Crippen LogP contribution is 2.61. The summed E-state index contributed by atoms with van der Waals surface area (Å²) in [5.74, 6) is -0.731. The molecule has 0 heterocycles. The van der Waals surface area contributed by atoms with Crippen molar-refractivity contribution in [1.29, 1.82) is 0 Å². The van der Waals surface area contributed by atoms with Gasteiger partial charge in [0.05, 0.1) is 19.6 Å². The minimum Gasteiger partial charge on any atom is -0.468 e. The van der Waals surface area contributed by atoms with Crippen LogP contribution in [0.5, 0.6) is 0 Å². The molecule has 0 radical (unpaired) electrons. The van der Waals surface area contributed by atoms with Gasteiger partial charge in [0, 0.05) is 12.0 Å². The van der Waals surface area contributed by atoms with Crippen LogP contribution in [0, 0.1) is 5.41 Å². The molecule has 0 saturated heterocycles. The van der Waals surface area contributed by atoms with Gasteiger partial charge in [-0.2, -0.15) is 0 Å². The lowest BCUT2D eigenvalue weighted by Gasteiger charge is -2.10. The highest BCUT2D eigenvalue weighted by atomic mass is 16.5. The maximum absolute atomic E-state index is 12.0. The molecule has 0 amide bonds.